The molecule has 0 bridgehead atoms. The Hall–Kier alpha value is -1.76. The largest absolute Gasteiger partial charge is 0.462 e. The summed E-state index contributed by atoms with van der Waals surface area (Å²) in [7, 11) is 0. The van der Waals surface area contributed by atoms with Gasteiger partial charge in [-0.05, 0) is 38.5 Å². The Balaban J connectivity index is 1.69. The minimum absolute atomic E-state index is 0.165. The van der Waals surface area contributed by atoms with Gasteiger partial charge >= 0.3 is 11.9 Å². The second kappa shape index (κ2) is 48.9. The molecule has 2 saturated heterocycles. The summed E-state index contributed by atoms with van der Waals surface area (Å²) in [6.45, 7) is 2.65. The van der Waals surface area contributed by atoms with Crippen molar-refractivity contribution in [1.29, 1.82) is 0 Å². The molecule has 2 aliphatic rings. The van der Waals surface area contributed by atoms with Crippen molar-refractivity contribution < 1.29 is 73.8 Å². The maximum absolute atomic E-state index is 13.1. The molecular formula is C62H116O15. The molecule has 2 heterocycles. The Labute approximate surface area is 467 Å². The fourth-order valence-corrected chi connectivity index (χ4v) is 10.3. The van der Waals surface area contributed by atoms with Gasteiger partial charge in [0.1, 0.15) is 55.4 Å². The molecule has 0 amide bonds. The highest BCUT2D eigenvalue weighted by Crippen LogP contribution is 2.27. The summed E-state index contributed by atoms with van der Waals surface area (Å²) in [5.74, 6) is -0.911. The molecule has 2 rings (SSSR count). The third kappa shape index (κ3) is 35.7. The predicted octanol–water partition coefficient (Wildman–Crippen LogP) is 11.7. The van der Waals surface area contributed by atoms with Gasteiger partial charge in [-0.1, -0.05) is 238 Å². The summed E-state index contributed by atoms with van der Waals surface area (Å²) in [4.78, 5) is 26.0. The van der Waals surface area contributed by atoms with E-state index in [1.165, 1.54) is 186 Å². The van der Waals surface area contributed by atoms with Crippen LogP contribution in [0.25, 0.3) is 0 Å². The van der Waals surface area contributed by atoms with E-state index in [0.29, 0.717) is 12.8 Å². The standard InChI is InChI=1S/C62H116O15/c1-3-5-7-9-11-13-15-17-19-21-22-23-24-25-26-27-29-30-32-34-36-38-40-42-44-53(64)72-47-50(75-54(65)45-43-41-39-37-35-33-31-28-20-18-16-14-12-10-8-6-4-2)48-73-61-60(71)58(69)56(67)52(77-61)49-74-62-59(70)57(68)55(66)51(46-63)76-62/h18,20,50-52,55-63,66-71H,3-17,19,21-49H2,1-2H3/b20-18-. The van der Waals surface area contributed by atoms with Gasteiger partial charge < -0.3 is 64.2 Å². The summed E-state index contributed by atoms with van der Waals surface area (Å²) in [6, 6.07) is 0. The van der Waals surface area contributed by atoms with E-state index in [1.54, 1.807) is 0 Å². The smallest absolute Gasteiger partial charge is 0.306 e. The number of aliphatic hydroxyl groups excluding tert-OH is 7. The number of hydrogen-bond donors (Lipinski definition) is 7. The summed E-state index contributed by atoms with van der Waals surface area (Å²) in [6.07, 6.45) is 36.7. The fraction of sp³-hybridized carbons (Fsp3) is 0.935. The number of unbranched alkanes of at least 4 members (excludes halogenated alkanes) is 36. The summed E-state index contributed by atoms with van der Waals surface area (Å²) in [5.41, 5.74) is 0. The molecule has 0 spiro atoms. The van der Waals surface area contributed by atoms with Gasteiger partial charge in [0.2, 0.25) is 0 Å². The topological polar surface area (TPSA) is 231 Å². The van der Waals surface area contributed by atoms with Gasteiger partial charge in [0, 0.05) is 12.8 Å². The molecule has 77 heavy (non-hydrogen) atoms. The molecule has 11 atom stereocenters. The van der Waals surface area contributed by atoms with Crippen molar-refractivity contribution in [2.24, 2.45) is 0 Å². The van der Waals surface area contributed by atoms with E-state index in [4.69, 9.17) is 28.4 Å². The fourth-order valence-electron chi connectivity index (χ4n) is 10.3. The number of aliphatic hydroxyl groups is 7. The van der Waals surface area contributed by atoms with Crippen LogP contribution in [0.3, 0.4) is 0 Å². The lowest BCUT2D eigenvalue weighted by Gasteiger charge is -2.42. The highest BCUT2D eigenvalue weighted by Gasteiger charge is 2.47. The van der Waals surface area contributed by atoms with Crippen LogP contribution in [-0.2, 0) is 38.0 Å². The first-order valence-corrected chi connectivity index (χ1v) is 31.8. The van der Waals surface area contributed by atoms with Crippen molar-refractivity contribution in [1.82, 2.24) is 0 Å². The van der Waals surface area contributed by atoms with Crippen molar-refractivity contribution in [3.05, 3.63) is 12.2 Å². The SMILES string of the molecule is CCCCCCCC/C=C\CCCCCCCCCC(=O)OC(COC(=O)CCCCCCCCCCCCCCCCCCCCCCCCCC)COC1OC(COC2OC(CO)C(O)C(O)C2O)C(O)C(O)C1O. The van der Waals surface area contributed by atoms with Gasteiger partial charge in [-0.25, -0.2) is 0 Å². The van der Waals surface area contributed by atoms with E-state index in [-0.39, 0.29) is 26.1 Å². The molecule has 0 aromatic heterocycles. The second-order valence-electron chi connectivity index (χ2n) is 22.6. The molecule has 11 unspecified atom stereocenters. The van der Waals surface area contributed by atoms with Crippen molar-refractivity contribution in [3.63, 3.8) is 0 Å². The van der Waals surface area contributed by atoms with E-state index < -0.39 is 92.7 Å². The Morgan fingerprint density at radius 1 is 0.403 bits per heavy atom. The average Bonchev–Trinajstić information content (AvgIpc) is 3.43. The Kier molecular flexibility index (Phi) is 45.3. The quantitative estimate of drug-likeness (QED) is 0.0171. The second-order valence-corrected chi connectivity index (χ2v) is 22.6. The number of carbonyl (C=O) groups excluding carboxylic acids is 2. The van der Waals surface area contributed by atoms with Gasteiger partial charge in [-0.15, -0.1) is 0 Å². The normalized spacial score (nSPS) is 24.2. The molecule has 0 aromatic rings. The Morgan fingerprint density at radius 3 is 1.14 bits per heavy atom. The lowest BCUT2D eigenvalue weighted by Crippen LogP contribution is -2.61. The van der Waals surface area contributed by atoms with Crippen molar-refractivity contribution >= 4 is 11.9 Å². The van der Waals surface area contributed by atoms with Crippen LogP contribution in [0, 0.1) is 0 Å². The van der Waals surface area contributed by atoms with Crippen LogP contribution in [0.1, 0.15) is 277 Å². The first-order chi connectivity index (χ1) is 37.5. The van der Waals surface area contributed by atoms with Crippen molar-refractivity contribution in [2.75, 3.05) is 26.4 Å². The molecule has 15 heteroatoms. The summed E-state index contributed by atoms with van der Waals surface area (Å²) in [5, 5.41) is 72.4. The number of rotatable bonds is 52. The molecule has 0 radical (unpaired) electrons. The number of ether oxygens (including phenoxy) is 6. The number of carbonyl (C=O) groups is 2. The van der Waals surface area contributed by atoms with E-state index in [2.05, 4.69) is 26.0 Å². The van der Waals surface area contributed by atoms with E-state index in [1.807, 2.05) is 0 Å². The van der Waals surface area contributed by atoms with Crippen molar-refractivity contribution in [2.45, 2.75) is 345 Å². The van der Waals surface area contributed by atoms with Crippen LogP contribution in [0.5, 0.6) is 0 Å². The third-order valence-electron chi connectivity index (χ3n) is 15.5. The van der Waals surface area contributed by atoms with Crippen LogP contribution < -0.4 is 0 Å². The molecule has 454 valence electrons. The van der Waals surface area contributed by atoms with Crippen LogP contribution in [0.15, 0.2) is 12.2 Å². The Bertz CT molecular complexity index is 1390. The minimum atomic E-state index is -1.76. The third-order valence-corrected chi connectivity index (χ3v) is 15.5. The van der Waals surface area contributed by atoms with E-state index in [9.17, 15) is 45.3 Å². The van der Waals surface area contributed by atoms with Gasteiger partial charge in [0.15, 0.2) is 18.7 Å². The van der Waals surface area contributed by atoms with Crippen LogP contribution in [0.2, 0.25) is 0 Å². The highest BCUT2D eigenvalue weighted by atomic mass is 16.7. The highest BCUT2D eigenvalue weighted by molar-refractivity contribution is 5.70. The molecule has 0 saturated carbocycles. The zero-order valence-corrected chi connectivity index (χ0v) is 48.7. The minimum Gasteiger partial charge on any atom is -0.462 e. The Morgan fingerprint density at radius 2 is 0.740 bits per heavy atom. The van der Waals surface area contributed by atoms with Gasteiger partial charge in [0.25, 0.3) is 0 Å². The van der Waals surface area contributed by atoms with Gasteiger partial charge in [0.05, 0.1) is 19.8 Å². The molecule has 0 aromatic carbocycles. The number of hydrogen-bond acceptors (Lipinski definition) is 15. The molecule has 0 aliphatic carbocycles. The van der Waals surface area contributed by atoms with Crippen LogP contribution >= 0.6 is 0 Å². The summed E-state index contributed by atoms with van der Waals surface area (Å²) < 4.78 is 33.8. The number of allylic oxidation sites excluding steroid dienone is 2. The van der Waals surface area contributed by atoms with E-state index >= 15 is 0 Å². The molecular weight excluding hydrogens is 985 g/mol. The zero-order chi connectivity index (χ0) is 56.0. The lowest BCUT2D eigenvalue weighted by atomic mass is 9.98. The van der Waals surface area contributed by atoms with Crippen LogP contribution in [0.4, 0.5) is 0 Å². The summed E-state index contributed by atoms with van der Waals surface area (Å²) >= 11 is 0. The maximum Gasteiger partial charge on any atom is 0.306 e. The van der Waals surface area contributed by atoms with Gasteiger partial charge in [-0.3, -0.25) is 9.59 Å². The zero-order valence-electron chi connectivity index (χ0n) is 48.7. The maximum atomic E-state index is 13.1. The first kappa shape index (κ1) is 71.3. The molecule has 2 fully saturated rings. The average molecular weight is 1100 g/mol. The first-order valence-electron chi connectivity index (χ1n) is 31.8. The lowest BCUT2D eigenvalue weighted by molar-refractivity contribution is -0.332. The molecule has 2 aliphatic heterocycles. The van der Waals surface area contributed by atoms with Crippen molar-refractivity contribution in [3.8, 4) is 0 Å². The predicted molar refractivity (Wildman–Crippen MR) is 303 cm³/mol. The number of esters is 2. The molecule has 15 nitrogen and oxygen atoms in total. The van der Waals surface area contributed by atoms with Crippen LogP contribution in [-0.4, -0.2) is 142 Å². The monoisotopic (exact) mass is 1100 g/mol. The van der Waals surface area contributed by atoms with Gasteiger partial charge in [-0.2, -0.15) is 0 Å². The molecule has 7 N–H and O–H groups in total. The van der Waals surface area contributed by atoms with E-state index in [0.717, 1.165) is 51.4 Å².